The minimum atomic E-state index is 0.164. The van der Waals surface area contributed by atoms with Gasteiger partial charge in [-0.3, -0.25) is 4.79 Å². The third-order valence-electron chi connectivity index (χ3n) is 5.14. The van der Waals surface area contributed by atoms with E-state index in [1.54, 1.807) is 0 Å². The van der Waals surface area contributed by atoms with Crippen LogP contribution in [0.25, 0.3) is 0 Å². The van der Waals surface area contributed by atoms with Crippen LogP contribution < -0.4 is 5.32 Å². The average Bonchev–Trinajstić information content (AvgIpc) is 2.84. The summed E-state index contributed by atoms with van der Waals surface area (Å²) in [7, 11) is 1.97. The van der Waals surface area contributed by atoms with Crippen LogP contribution in [0.15, 0.2) is 24.3 Å². The fraction of sp³-hybridized carbons (Fsp3) is 0.611. The van der Waals surface area contributed by atoms with Crippen LogP contribution in [0.4, 0.5) is 0 Å². The quantitative estimate of drug-likeness (QED) is 0.925. The molecule has 2 aliphatic heterocycles. The van der Waals surface area contributed by atoms with Gasteiger partial charge in [0.2, 0.25) is 0 Å². The molecule has 2 atom stereocenters. The predicted molar refractivity (Wildman–Crippen MR) is 85.6 cm³/mol. The number of piperidine rings is 1. The van der Waals surface area contributed by atoms with Gasteiger partial charge in [-0.2, -0.15) is 0 Å². The molecule has 0 saturated carbocycles. The van der Waals surface area contributed by atoms with Crippen LogP contribution in [0, 0.1) is 0 Å². The van der Waals surface area contributed by atoms with Gasteiger partial charge in [0.1, 0.15) is 0 Å². The summed E-state index contributed by atoms with van der Waals surface area (Å²) in [5.74, 6) is 0.670. The number of nitrogens with one attached hydrogen (secondary N) is 1. The molecule has 1 aromatic rings. The topological polar surface area (TPSA) is 32.3 Å². The Morgan fingerprint density at radius 1 is 1.14 bits per heavy atom. The van der Waals surface area contributed by atoms with Crippen LogP contribution in [0.1, 0.15) is 61.4 Å². The Hall–Kier alpha value is -1.35. The van der Waals surface area contributed by atoms with Gasteiger partial charge < -0.3 is 10.2 Å². The maximum absolute atomic E-state index is 12.7. The van der Waals surface area contributed by atoms with Crippen molar-refractivity contribution in [3.63, 3.8) is 0 Å². The molecule has 2 saturated heterocycles. The molecular weight excluding hydrogens is 260 g/mol. The summed E-state index contributed by atoms with van der Waals surface area (Å²) >= 11 is 0. The zero-order valence-electron chi connectivity index (χ0n) is 13.3. The summed E-state index contributed by atoms with van der Waals surface area (Å²) in [5, 5.41) is 3.64. The Balaban J connectivity index is 1.69. The van der Waals surface area contributed by atoms with Gasteiger partial charge in [-0.05, 0) is 49.3 Å². The first-order valence-corrected chi connectivity index (χ1v) is 8.17. The van der Waals surface area contributed by atoms with Crippen molar-refractivity contribution in [1.82, 2.24) is 10.2 Å². The molecule has 1 N–H and O–H groups in total. The lowest BCUT2D eigenvalue weighted by Crippen LogP contribution is -2.48. The Labute approximate surface area is 127 Å². The van der Waals surface area contributed by atoms with Crippen molar-refractivity contribution in [3.8, 4) is 0 Å². The molecule has 0 radical (unpaired) electrons. The van der Waals surface area contributed by atoms with E-state index in [4.69, 9.17) is 0 Å². The lowest BCUT2D eigenvalue weighted by atomic mass is 9.97. The van der Waals surface area contributed by atoms with Crippen molar-refractivity contribution in [2.24, 2.45) is 0 Å². The fourth-order valence-electron chi connectivity index (χ4n) is 3.72. The molecule has 21 heavy (non-hydrogen) atoms. The number of benzene rings is 1. The number of fused-ring (bicyclic) bond motifs is 2. The Kier molecular flexibility index (Phi) is 4.03. The zero-order valence-corrected chi connectivity index (χ0v) is 13.3. The molecule has 3 nitrogen and oxygen atoms in total. The molecule has 0 spiro atoms. The molecule has 1 aromatic carbocycles. The molecule has 0 aromatic heterocycles. The van der Waals surface area contributed by atoms with Gasteiger partial charge >= 0.3 is 0 Å². The predicted octanol–water partition coefficient (Wildman–Crippen LogP) is 3.17. The first-order valence-electron chi connectivity index (χ1n) is 8.17. The van der Waals surface area contributed by atoms with Crippen LogP contribution in [0.2, 0.25) is 0 Å². The van der Waals surface area contributed by atoms with Gasteiger partial charge in [0.05, 0.1) is 0 Å². The maximum atomic E-state index is 12.7. The summed E-state index contributed by atoms with van der Waals surface area (Å²) in [4.78, 5) is 14.6. The van der Waals surface area contributed by atoms with E-state index in [9.17, 15) is 4.79 Å². The summed E-state index contributed by atoms with van der Waals surface area (Å²) < 4.78 is 0. The highest BCUT2D eigenvalue weighted by Gasteiger charge is 2.36. The first-order chi connectivity index (χ1) is 10.0. The molecule has 1 amide bonds. The number of hydrogen-bond donors (Lipinski definition) is 1. The Morgan fingerprint density at radius 3 is 2.24 bits per heavy atom. The van der Waals surface area contributed by atoms with Crippen LogP contribution >= 0.6 is 0 Å². The van der Waals surface area contributed by atoms with E-state index >= 15 is 0 Å². The molecule has 0 aliphatic carbocycles. The minimum absolute atomic E-state index is 0.164. The normalized spacial score (nSPS) is 27.9. The SMILES string of the molecule is CC(C)c1ccc(C(=O)N(C)C2CC3CCC(C2)N3)cc1. The van der Waals surface area contributed by atoms with Crippen LogP contribution in [0.3, 0.4) is 0 Å². The van der Waals surface area contributed by atoms with E-state index in [2.05, 4.69) is 31.3 Å². The molecular formula is C18H26N2O. The summed E-state index contributed by atoms with van der Waals surface area (Å²) in [6.07, 6.45) is 4.74. The van der Waals surface area contributed by atoms with Crippen molar-refractivity contribution in [2.75, 3.05) is 7.05 Å². The summed E-state index contributed by atoms with van der Waals surface area (Å²) in [6.45, 7) is 4.35. The third kappa shape index (κ3) is 2.98. The van der Waals surface area contributed by atoms with Gasteiger partial charge in [0.25, 0.3) is 5.91 Å². The van der Waals surface area contributed by atoms with Gasteiger partial charge in [0, 0.05) is 30.7 Å². The van der Waals surface area contributed by atoms with Gasteiger partial charge in [-0.25, -0.2) is 0 Å². The highest BCUT2D eigenvalue weighted by Crippen LogP contribution is 2.30. The van der Waals surface area contributed by atoms with Crippen molar-refractivity contribution in [3.05, 3.63) is 35.4 Å². The molecule has 2 bridgehead atoms. The summed E-state index contributed by atoms with van der Waals surface area (Å²) in [5.41, 5.74) is 2.10. The third-order valence-corrected chi connectivity index (χ3v) is 5.14. The number of rotatable bonds is 3. The molecule has 3 heteroatoms. The molecule has 3 rings (SSSR count). The first kappa shape index (κ1) is 14.6. The van der Waals surface area contributed by atoms with Crippen molar-refractivity contribution in [1.29, 1.82) is 0 Å². The van der Waals surface area contributed by atoms with Crippen molar-refractivity contribution < 1.29 is 4.79 Å². The molecule has 2 unspecified atom stereocenters. The van der Waals surface area contributed by atoms with E-state index in [-0.39, 0.29) is 5.91 Å². The van der Waals surface area contributed by atoms with Crippen molar-refractivity contribution in [2.45, 2.75) is 63.6 Å². The standard InChI is InChI=1S/C18H26N2O/c1-12(2)13-4-6-14(7-5-13)18(21)20(3)17-10-15-8-9-16(11-17)19-15/h4-7,12,15-17,19H,8-11H2,1-3H3. The van der Waals surface area contributed by atoms with E-state index < -0.39 is 0 Å². The van der Waals surface area contributed by atoms with Crippen LogP contribution in [-0.2, 0) is 0 Å². The Bertz CT molecular complexity index is 496. The largest absolute Gasteiger partial charge is 0.339 e. The number of amides is 1. The van der Waals surface area contributed by atoms with E-state index in [1.165, 1.54) is 18.4 Å². The second kappa shape index (κ2) is 5.80. The summed E-state index contributed by atoms with van der Waals surface area (Å²) in [6, 6.07) is 9.74. The number of nitrogens with zero attached hydrogens (tertiary/aromatic N) is 1. The molecule has 114 valence electrons. The maximum Gasteiger partial charge on any atom is 0.253 e. The fourth-order valence-corrected chi connectivity index (χ4v) is 3.72. The van der Waals surface area contributed by atoms with Gasteiger partial charge in [0.15, 0.2) is 0 Å². The van der Waals surface area contributed by atoms with Gasteiger partial charge in [-0.15, -0.1) is 0 Å². The van der Waals surface area contributed by atoms with Crippen LogP contribution in [0.5, 0.6) is 0 Å². The highest BCUT2D eigenvalue weighted by atomic mass is 16.2. The lowest BCUT2D eigenvalue weighted by molar-refractivity contribution is 0.0681. The zero-order chi connectivity index (χ0) is 15.0. The highest BCUT2D eigenvalue weighted by molar-refractivity contribution is 5.94. The van der Waals surface area contributed by atoms with Crippen LogP contribution in [-0.4, -0.2) is 36.0 Å². The molecule has 2 fully saturated rings. The smallest absolute Gasteiger partial charge is 0.253 e. The molecule has 2 aliphatic rings. The second-order valence-electron chi connectivity index (χ2n) is 6.96. The van der Waals surface area contributed by atoms with E-state index in [0.29, 0.717) is 24.0 Å². The average molecular weight is 286 g/mol. The second-order valence-corrected chi connectivity index (χ2v) is 6.96. The molecule has 2 heterocycles. The van der Waals surface area contributed by atoms with Crippen molar-refractivity contribution >= 4 is 5.91 Å². The van der Waals surface area contributed by atoms with Gasteiger partial charge in [-0.1, -0.05) is 26.0 Å². The van der Waals surface area contributed by atoms with E-state index in [0.717, 1.165) is 18.4 Å². The lowest BCUT2D eigenvalue weighted by Gasteiger charge is -2.35. The number of carbonyl (C=O) groups is 1. The Morgan fingerprint density at radius 2 is 1.71 bits per heavy atom. The monoisotopic (exact) mass is 286 g/mol. The number of hydrogen-bond acceptors (Lipinski definition) is 2. The minimum Gasteiger partial charge on any atom is -0.339 e. The number of carbonyl (C=O) groups excluding carboxylic acids is 1. The van der Waals surface area contributed by atoms with E-state index in [1.807, 2.05) is 24.1 Å².